The Bertz CT molecular complexity index is 125. The molecule has 0 nitrogen and oxygen atoms in total. The maximum Gasteiger partial charge on any atom is 0.253 e. The Morgan fingerprint density at radius 1 is 0.727 bits per heavy atom. The van der Waals surface area contributed by atoms with Crippen molar-refractivity contribution in [1.82, 2.24) is 0 Å². The van der Waals surface area contributed by atoms with E-state index in [1.165, 1.54) is 0 Å². The lowest BCUT2D eigenvalue weighted by Crippen LogP contribution is -2.26. The lowest BCUT2D eigenvalue weighted by molar-refractivity contribution is -0.106. The zero-order chi connectivity index (χ0) is 8.54. The van der Waals surface area contributed by atoms with Gasteiger partial charge in [0.05, 0.1) is 6.42 Å². The molecule has 0 saturated heterocycles. The summed E-state index contributed by atoms with van der Waals surface area (Å²) in [6.45, 7) is 0. The maximum atomic E-state index is 12.5. The first-order valence-electron chi connectivity index (χ1n) is 3.67. The third-order valence-electron chi connectivity index (χ3n) is 1.85. The summed E-state index contributed by atoms with van der Waals surface area (Å²) in [6, 6.07) is 0. The molecule has 0 bridgehead atoms. The van der Waals surface area contributed by atoms with Crippen molar-refractivity contribution in [2.24, 2.45) is 0 Å². The molecule has 0 spiro atoms. The number of hydrogen-bond acceptors (Lipinski definition) is 0. The van der Waals surface area contributed by atoms with Crippen molar-refractivity contribution in [1.29, 1.82) is 0 Å². The van der Waals surface area contributed by atoms with Gasteiger partial charge in [-0.2, -0.15) is 0 Å². The number of halogens is 4. The van der Waals surface area contributed by atoms with Crippen LogP contribution in [0.15, 0.2) is 0 Å². The largest absolute Gasteiger partial charge is 0.253 e. The fourth-order valence-electron chi connectivity index (χ4n) is 1.32. The Morgan fingerprint density at radius 3 is 1.45 bits per heavy atom. The average Bonchev–Trinajstić information content (AvgIpc) is 1.86. The molecular weight excluding hydrogens is 160 g/mol. The second-order valence-corrected chi connectivity index (χ2v) is 3.10. The number of rotatable bonds is 0. The van der Waals surface area contributed by atoms with Gasteiger partial charge in [-0.1, -0.05) is 0 Å². The van der Waals surface area contributed by atoms with E-state index in [2.05, 4.69) is 0 Å². The fourth-order valence-corrected chi connectivity index (χ4v) is 1.32. The Hall–Kier alpha value is -0.280. The van der Waals surface area contributed by atoms with Gasteiger partial charge in [-0.05, 0) is 12.8 Å². The zero-order valence-electron chi connectivity index (χ0n) is 6.05. The van der Waals surface area contributed by atoms with Crippen LogP contribution in [-0.2, 0) is 0 Å². The highest BCUT2D eigenvalue weighted by atomic mass is 19.3. The molecule has 0 aromatic carbocycles. The van der Waals surface area contributed by atoms with E-state index in [-0.39, 0.29) is 25.7 Å². The number of alkyl halides is 4. The van der Waals surface area contributed by atoms with Gasteiger partial charge in [0.1, 0.15) is 0 Å². The van der Waals surface area contributed by atoms with Crippen molar-refractivity contribution >= 4 is 0 Å². The van der Waals surface area contributed by atoms with Gasteiger partial charge >= 0.3 is 0 Å². The van der Waals surface area contributed by atoms with Gasteiger partial charge in [0.25, 0.3) is 11.8 Å². The number of hydrogen-bond donors (Lipinski definition) is 0. The molecule has 1 rings (SSSR count). The molecule has 1 fully saturated rings. The molecule has 0 aromatic heterocycles. The van der Waals surface area contributed by atoms with Gasteiger partial charge in [0.15, 0.2) is 0 Å². The van der Waals surface area contributed by atoms with E-state index in [1.54, 1.807) is 0 Å². The highest BCUT2D eigenvalue weighted by Crippen LogP contribution is 2.40. The van der Waals surface area contributed by atoms with E-state index in [0.29, 0.717) is 0 Å². The van der Waals surface area contributed by atoms with Gasteiger partial charge in [-0.3, -0.25) is 0 Å². The van der Waals surface area contributed by atoms with Crippen molar-refractivity contribution < 1.29 is 17.6 Å². The molecule has 66 valence electrons. The maximum absolute atomic E-state index is 12.5. The highest BCUT2D eigenvalue weighted by molar-refractivity contribution is 4.81. The summed E-state index contributed by atoms with van der Waals surface area (Å²) in [6.07, 6.45) is -1.61. The van der Waals surface area contributed by atoms with Crippen molar-refractivity contribution in [2.75, 3.05) is 0 Å². The van der Waals surface area contributed by atoms with Crippen LogP contribution in [0.3, 0.4) is 0 Å². The molecular formula is C7H10F4. The lowest BCUT2D eigenvalue weighted by atomic mass is 10.1. The molecule has 0 heterocycles. The van der Waals surface area contributed by atoms with Crippen molar-refractivity contribution in [3.8, 4) is 0 Å². The Balaban J connectivity index is 2.62. The van der Waals surface area contributed by atoms with Crippen LogP contribution in [0.25, 0.3) is 0 Å². The smallest absolute Gasteiger partial charge is 0.207 e. The zero-order valence-corrected chi connectivity index (χ0v) is 6.05. The molecule has 11 heavy (non-hydrogen) atoms. The lowest BCUT2D eigenvalue weighted by Gasteiger charge is -2.18. The molecule has 1 aliphatic carbocycles. The van der Waals surface area contributed by atoms with Gasteiger partial charge < -0.3 is 0 Å². The molecule has 0 unspecified atom stereocenters. The first kappa shape index (κ1) is 8.81. The Labute approximate surface area is 62.6 Å². The minimum absolute atomic E-state index is 0.211. The molecule has 0 aromatic rings. The third-order valence-corrected chi connectivity index (χ3v) is 1.85. The van der Waals surface area contributed by atoms with Crippen molar-refractivity contribution in [3.05, 3.63) is 0 Å². The molecule has 0 radical (unpaired) electrons. The van der Waals surface area contributed by atoms with Crippen molar-refractivity contribution in [3.63, 3.8) is 0 Å². The monoisotopic (exact) mass is 170 g/mol. The summed E-state index contributed by atoms with van der Waals surface area (Å²) in [4.78, 5) is 0. The van der Waals surface area contributed by atoms with Crippen molar-refractivity contribution in [2.45, 2.75) is 43.9 Å². The summed E-state index contributed by atoms with van der Waals surface area (Å²) in [5, 5.41) is 0. The first-order chi connectivity index (χ1) is 4.91. The predicted molar refractivity (Wildman–Crippen MR) is 33.0 cm³/mol. The van der Waals surface area contributed by atoms with E-state index in [0.717, 1.165) is 0 Å². The molecule has 1 aliphatic rings. The SMILES string of the molecule is FC1(F)CCCCC(F)(F)C1. The Morgan fingerprint density at radius 2 is 1.09 bits per heavy atom. The van der Waals surface area contributed by atoms with Crippen LogP contribution in [-0.4, -0.2) is 11.8 Å². The van der Waals surface area contributed by atoms with Gasteiger partial charge in [0, 0.05) is 12.8 Å². The van der Waals surface area contributed by atoms with Crippen LogP contribution in [0.2, 0.25) is 0 Å². The minimum Gasteiger partial charge on any atom is -0.207 e. The standard InChI is InChI=1S/C7H10F4/c8-6(9)3-1-2-4-7(10,11)5-6/h1-5H2. The molecule has 0 N–H and O–H groups in total. The van der Waals surface area contributed by atoms with Gasteiger partial charge in [-0.25, -0.2) is 17.6 Å². The summed E-state index contributed by atoms with van der Waals surface area (Å²) < 4.78 is 49.9. The second kappa shape index (κ2) is 2.64. The molecule has 0 atom stereocenters. The summed E-state index contributed by atoms with van der Waals surface area (Å²) in [5.74, 6) is -6.31. The molecule has 0 amide bonds. The van der Waals surface area contributed by atoms with Crippen LogP contribution >= 0.6 is 0 Å². The minimum atomic E-state index is -3.15. The van der Waals surface area contributed by atoms with Crippen LogP contribution in [0.5, 0.6) is 0 Å². The normalized spacial score (nSPS) is 29.5. The van der Waals surface area contributed by atoms with E-state index >= 15 is 0 Å². The van der Waals surface area contributed by atoms with Crippen LogP contribution in [0, 0.1) is 0 Å². The average molecular weight is 170 g/mol. The van der Waals surface area contributed by atoms with Gasteiger partial charge in [0.2, 0.25) is 0 Å². The first-order valence-corrected chi connectivity index (χ1v) is 3.67. The molecule has 1 saturated carbocycles. The molecule has 4 heteroatoms. The predicted octanol–water partition coefficient (Wildman–Crippen LogP) is 3.22. The highest BCUT2D eigenvalue weighted by Gasteiger charge is 2.44. The second-order valence-electron chi connectivity index (χ2n) is 3.10. The van der Waals surface area contributed by atoms with Gasteiger partial charge in [-0.15, -0.1) is 0 Å². The summed E-state index contributed by atoms with van der Waals surface area (Å²) in [5.41, 5.74) is 0. The van der Waals surface area contributed by atoms with E-state index in [1.807, 2.05) is 0 Å². The van der Waals surface area contributed by atoms with Crippen LogP contribution < -0.4 is 0 Å². The third kappa shape index (κ3) is 2.67. The van der Waals surface area contributed by atoms with E-state index < -0.39 is 18.3 Å². The van der Waals surface area contributed by atoms with Crippen LogP contribution in [0.4, 0.5) is 17.6 Å². The topological polar surface area (TPSA) is 0 Å². The van der Waals surface area contributed by atoms with Crippen LogP contribution in [0.1, 0.15) is 32.1 Å². The van der Waals surface area contributed by atoms with E-state index in [4.69, 9.17) is 0 Å². The summed E-state index contributed by atoms with van der Waals surface area (Å²) >= 11 is 0. The summed E-state index contributed by atoms with van der Waals surface area (Å²) in [7, 11) is 0. The van der Waals surface area contributed by atoms with E-state index in [9.17, 15) is 17.6 Å². The fraction of sp³-hybridized carbons (Fsp3) is 1.00. The Kier molecular flexibility index (Phi) is 2.12. The molecule has 0 aliphatic heterocycles. The quantitative estimate of drug-likeness (QED) is 0.386.